The van der Waals surface area contributed by atoms with Gasteiger partial charge >= 0.3 is 6.03 Å². The minimum Gasteiger partial charge on any atom is -0.399 e. The molecular formula is C15H16FN3O. The number of para-hydroxylation sites is 1. The fourth-order valence-electron chi connectivity index (χ4n) is 1.88. The van der Waals surface area contributed by atoms with E-state index in [1.165, 1.54) is 17.0 Å². The third-order valence-electron chi connectivity index (χ3n) is 2.86. The van der Waals surface area contributed by atoms with Gasteiger partial charge in [0.1, 0.15) is 5.82 Å². The third-order valence-corrected chi connectivity index (χ3v) is 2.86. The summed E-state index contributed by atoms with van der Waals surface area (Å²) in [4.78, 5) is 13.7. The fourth-order valence-corrected chi connectivity index (χ4v) is 1.88. The summed E-state index contributed by atoms with van der Waals surface area (Å²) in [5.41, 5.74) is 7.10. The molecule has 20 heavy (non-hydrogen) atoms. The monoisotopic (exact) mass is 273 g/mol. The van der Waals surface area contributed by atoms with Crippen LogP contribution in [0.1, 0.15) is 6.92 Å². The molecule has 0 saturated carbocycles. The lowest BCUT2D eigenvalue weighted by molar-refractivity contribution is 0.257. The van der Waals surface area contributed by atoms with E-state index in [9.17, 15) is 9.18 Å². The Morgan fingerprint density at radius 1 is 1.25 bits per heavy atom. The molecule has 0 saturated heterocycles. The molecule has 2 aromatic carbocycles. The number of hydrogen-bond donors (Lipinski definition) is 2. The minimum atomic E-state index is -0.468. The Morgan fingerprint density at radius 2 is 2.00 bits per heavy atom. The largest absolute Gasteiger partial charge is 0.399 e. The molecule has 0 bridgehead atoms. The first kappa shape index (κ1) is 13.9. The second-order valence-corrected chi connectivity index (χ2v) is 4.25. The number of amides is 2. The number of rotatable bonds is 3. The lowest BCUT2D eigenvalue weighted by atomic mass is 10.2. The number of nitrogens with two attached hydrogens (primary N) is 1. The van der Waals surface area contributed by atoms with Gasteiger partial charge in [-0.05, 0) is 37.3 Å². The second kappa shape index (κ2) is 6.06. The van der Waals surface area contributed by atoms with Crippen molar-refractivity contribution in [1.82, 2.24) is 0 Å². The average Bonchev–Trinajstić information content (AvgIpc) is 2.42. The molecule has 0 aliphatic rings. The number of hydrogen-bond acceptors (Lipinski definition) is 2. The first-order valence-electron chi connectivity index (χ1n) is 6.30. The second-order valence-electron chi connectivity index (χ2n) is 4.25. The van der Waals surface area contributed by atoms with Crippen molar-refractivity contribution in [3.63, 3.8) is 0 Å². The standard InChI is InChI=1S/C15H16FN3O/c1-2-19(12-7-5-6-11(17)10-12)15(20)18-14-9-4-3-8-13(14)16/h3-10H,2,17H2,1H3,(H,18,20). The van der Waals surface area contributed by atoms with Gasteiger partial charge < -0.3 is 11.1 Å². The highest BCUT2D eigenvalue weighted by molar-refractivity contribution is 6.01. The molecule has 0 radical (unpaired) electrons. The van der Waals surface area contributed by atoms with Crippen LogP contribution in [0.4, 0.5) is 26.2 Å². The summed E-state index contributed by atoms with van der Waals surface area (Å²) >= 11 is 0. The van der Waals surface area contributed by atoms with Crippen LogP contribution in [0, 0.1) is 5.82 Å². The minimum absolute atomic E-state index is 0.153. The Hall–Kier alpha value is -2.56. The number of carbonyl (C=O) groups is 1. The fraction of sp³-hybridized carbons (Fsp3) is 0.133. The van der Waals surface area contributed by atoms with E-state index in [0.29, 0.717) is 17.9 Å². The van der Waals surface area contributed by atoms with Crippen LogP contribution >= 0.6 is 0 Å². The van der Waals surface area contributed by atoms with E-state index in [1.807, 2.05) is 6.92 Å². The third kappa shape index (κ3) is 3.06. The van der Waals surface area contributed by atoms with Crippen LogP contribution in [0.25, 0.3) is 0 Å². The van der Waals surface area contributed by atoms with Crippen molar-refractivity contribution in [1.29, 1.82) is 0 Å². The summed E-state index contributed by atoms with van der Waals surface area (Å²) in [6.45, 7) is 2.29. The first-order chi connectivity index (χ1) is 9.61. The summed E-state index contributed by atoms with van der Waals surface area (Å²) in [7, 11) is 0. The zero-order valence-electron chi connectivity index (χ0n) is 11.1. The number of benzene rings is 2. The van der Waals surface area contributed by atoms with Gasteiger partial charge in [0, 0.05) is 17.9 Å². The van der Waals surface area contributed by atoms with Gasteiger partial charge in [-0.3, -0.25) is 4.90 Å². The van der Waals surface area contributed by atoms with Crippen LogP contribution in [0.3, 0.4) is 0 Å². The number of halogens is 1. The highest BCUT2D eigenvalue weighted by Gasteiger charge is 2.15. The topological polar surface area (TPSA) is 58.4 Å². The Balaban J connectivity index is 2.20. The van der Waals surface area contributed by atoms with Crippen molar-refractivity contribution in [3.05, 3.63) is 54.3 Å². The van der Waals surface area contributed by atoms with Crippen LogP contribution in [0.2, 0.25) is 0 Å². The number of nitrogen functional groups attached to an aromatic ring is 1. The molecule has 0 unspecified atom stereocenters. The van der Waals surface area contributed by atoms with Crippen molar-refractivity contribution in [2.24, 2.45) is 0 Å². The average molecular weight is 273 g/mol. The van der Waals surface area contributed by atoms with Gasteiger partial charge in [-0.15, -0.1) is 0 Å². The lowest BCUT2D eigenvalue weighted by Crippen LogP contribution is -2.35. The molecule has 2 aromatic rings. The maximum atomic E-state index is 13.5. The SMILES string of the molecule is CCN(C(=O)Nc1ccccc1F)c1cccc(N)c1. The summed E-state index contributed by atoms with van der Waals surface area (Å²) in [5.74, 6) is -0.468. The van der Waals surface area contributed by atoms with Crippen molar-refractivity contribution in [2.75, 3.05) is 22.5 Å². The van der Waals surface area contributed by atoms with Crippen LogP contribution in [-0.4, -0.2) is 12.6 Å². The molecule has 2 rings (SSSR count). The molecule has 3 N–H and O–H groups in total. The maximum Gasteiger partial charge on any atom is 0.326 e. The molecule has 0 aromatic heterocycles. The molecular weight excluding hydrogens is 257 g/mol. The molecule has 104 valence electrons. The quantitative estimate of drug-likeness (QED) is 0.841. The highest BCUT2D eigenvalue weighted by Crippen LogP contribution is 2.19. The molecule has 5 heteroatoms. The predicted octanol–water partition coefficient (Wildman–Crippen LogP) is 3.47. The smallest absolute Gasteiger partial charge is 0.326 e. The molecule has 2 amide bonds. The van der Waals surface area contributed by atoms with Gasteiger partial charge in [0.15, 0.2) is 0 Å². The zero-order valence-corrected chi connectivity index (χ0v) is 11.1. The van der Waals surface area contributed by atoms with E-state index in [-0.39, 0.29) is 5.69 Å². The molecule has 0 spiro atoms. The van der Waals surface area contributed by atoms with E-state index in [2.05, 4.69) is 5.32 Å². The zero-order chi connectivity index (χ0) is 14.5. The number of nitrogens with one attached hydrogen (secondary N) is 1. The highest BCUT2D eigenvalue weighted by atomic mass is 19.1. The Kier molecular flexibility index (Phi) is 4.20. The van der Waals surface area contributed by atoms with Gasteiger partial charge in [-0.25, -0.2) is 9.18 Å². The van der Waals surface area contributed by atoms with Crippen LogP contribution in [0.5, 0.6) is 0 Å². The molecule has 0 heterocycles. The van der Waals surface area contributed by atoms with Gasteiger partial charge in [0.05, 0.1) is 5.69 Å². The van der Waals surface area contributed by atoms with Crippen molar-refractivity contribution in [2.45, 2.75) is 6.92 Å². The van der Waals surface area contributed by atoms with Crippen LogP contribution in [0.15, 0.2) is 48.5 Å². The van der Waals surface area contributed by atoms with E-state index in [1.54, 1.807) is 36.4 Å². The summed E-state index contributed by atoms with van der Waals surface area (Å²) in [6, 6.07) is 12.6. The normalized spacial score (nSPS) is 10.1. The van der Waals surface area contributed by atoms with Gasteiger partial charge in [-0.2, -0.15) is 0 Å². The molecule has 0 aliphatic carbocycles. The first-order valence-corrected chi connectivity index (χ1v) is 6.30. The van der Waals surface area contributed by atoms with Gasteiger partial charge in [0.25, 0.3) is 0 Å². The van der Waals surface area contributed by atoms with Gasteiger partial charge in [-0.1, -0.05) is 18.2 Å². The predicted molar refractivity (Wildman–Crippen MR) is 79.3 cm³/mol. The summed E-state index contributed by atoms with van der Waals surface area (Å²) in [5, 5.41) is 2.55. The van der Waals surface area contributed by atoms with E-state index < -0.39 is 11.8 Å². The number of nitrogens with zero attached hydrogens (tertiary/aromatic N) is 1. The van der Waals surface area contributed by atoms with E-state index in [0.717, 1.165) is 0 Å². The number of anilines is 3. The Bertz CT molecular complexity index is 616. The van der Waals surface area contributed by atoms with Crippen molar-refractivity contribution < 1.29 is 9.18 Å². The molecule has 0 aliphatic heterocycles. The van der Waals surface area contributed by atoms with Crippen molar-refractivity contribution >= 4 is 23.1 Å². The number of carbonyl (C=O) groups excluding carboxylic acids is 1. The molecule has 0 atom stereocenters. The summed E-state index contributed by atoms with van der Waals surface area (Å²) in [6.07, 6.45) is 0. The van der Waals surface area contributed by atoms with Crippen LogP contribution in [-0.2, 0) is 0 Å². The molecule has 4 nitrogen and oxygen atoms in total. The maximum absolute atomic E-state index is 13.5. The lowest BCUT2D eigenvalue weighted by Gasteiger charge is -2.22. The van der Waals surface area contributed by atoms with Crippen molar-refractivity contribution in [3.8, 4) is 0 Å². The Labute approximate surface area is 117 Å². The summed E-state index contributed by atoms with van der Waals surface area (Å²) < 4.78 is 13.5. The van der Waals surface area contributed by atoms with Crippen LogP contribution < -0.4 is 16.0 Å². The number of urea groups is 1. The van der Waals surface area contributed by atoms with Gasteiger partial charge in [0.2, 0.25) is 0 Å². The Morgan fingerprint density at radius 3 is 2.65 bits per heavy atom. The molecule has 0 fully saturated rings. The van der Waals surface area contributed by atoms with E-state index in [4.69, 9.17) is 5.73 Å². The van der Waals surface area contributed by atoms with E-state index >= 15 is 0 Å².